The van der Waals surface area contributed by atoms with Crippen molar-refractivity contribution >= 4 is 34.8 Å². The zero-order chi connectivity index (χ0) is 22.2. The fourth-order valence-electron chi connectivity index (χ4n) is 4.02. The van der Waals surface area contributed by atoms with Crippen molar-refractivity contribution in [2.75, 3.05) is 28.7 Å². The largest absolute Gasteiger partial charge is 0.452 e. The number of rotatable bonds is 4. The predicted octanol–water partition coefficient (Wildman–Crippen LogP) is 3.70. The number of anilines is 3. The molecule has 2 aromatic rings. The standard InChI is InChI=1S/C24H27N3O4/c1-24(2,3)16-7-9-17(10-8-16)25-21(28)14-31-23(30)15-6-11-19-18(13-15)26-22(29)20-5-4-12-27(19)20/h6-11,13,20H,4-5,12,14H2,1-3H3,(H,25,28)(H,26,29)/t20-/m0/s1. The lowest BCUT2D eigenvalue weighted by Gasteiger charge is -2.33. The van der Waals surface area contributed by atoms with Crippen molar-refractivity contribution in [2.24, 2.45) is 0 Å². The maximum atomic E-state index is 12.4. The minimum Gasteiger partial charge on any atom is -0.452 e. The molecule has 0 aromatic heterocycles. The van der Waals surface area contributed by atoms with Crippen LogP contribution in [0.25, 0.3) is 0 Å². The van der Waals surface area contributed by atoms with Crippen LogP contribution in [0.3, 0.4) is 0 Å². The maximum absolute atomic E-state index is 12.4. The lowest BCUT2D eigenvalue weighted by molar-refractivity contribution is -0.119. The molecule has 0 spiro atoms. The Hall–Kier alpha value is -3.35. The van der Waals surface area contributed by atoms with Gasteiger partial charge >= 0.3 is 5.97 Å². The van der Waals surface area contributed by atoms with Crippen molar-refractivity contribution in [1.82, 2.24) is 0 Å². The molecule has 7 nitrogen and oxygen atoms in total. The van der Waals surface area contributed by atoms with Gasteiger partial charge < -0.3 is 20.3 Å². The maximum Gasteiger partial charge on any atom is 0.338 e. The molecule has 0 saturated carbocycles. The van der Waals surface area contributed by atoms with Crippen LogP contribution >= 0.6 is 0 Å². The van der Waals surface area contributed by atoms with E-state index in [2.05, 4.69) is 36.3 Å². The summed E-state index contributed by atoms with van der Waals surface area (Å²) < 4.78 is 5.17. The summed E-state index contributed by atoms with van der Waals surface area (Å²) in [6.45, 7) is 6.80. The highest BCUT2D eigenvalue weighted by atomic mass is 16.5. The van der Waals surface area contributed by atoms with Gasteiger partial charge in [-0.05, 0) is 54.2 Å². The lowest BCUT2D eigenvalue weighted by Crippen LogP contribution is -2.43. The minimum atomic E-state index is -0.612. The molecule has 0 bridgehead atoms. The Bertz CT molecular complexity index is 1020. The number of amides is 2. The number of carbonyl (C=O) groups is 3. The van der Waals surface area contributed by atoms with Crippen molar-refractivity contribution in [3.8, 4) is 0 Å². The first-order valence-corrected chi connectivity index (χ1v) is 10.5. The van der Waals surface area contributed by atoms with E-state index in [1.54, 1.807) is 12.1 Å². The first-order chi connectivity index (χ1) is 14.7. The van der Waals surface area contributed by atoms with Crippen molar-refractivity contribution in [3.63, 3.8) is 0 Å². The van der Waals surface area contributed by atoms with Crippen molar-refractivity contribution in [3.05, 3.63) is 53.6 Å². The van der Waals surface area contributed by atoms with Crippen molar-refractivity contribution < 1.29 is 19.1 Å². The average Bonchev–Trinajstić information content (AvgIpc) is 3.22. The van der Waals surface area contributed by atoms with Gasteiger partial charge in [-0.25, -0.2) is 4.79 Å². The molecule has 1 saturated heterocycles. The van der Waals surface area contributed by atoms with E-state index in [0.717, 1.165) is 30.6 Å². The molecule has 0 unspecified atom stereocenters. The second-order valence-corrected chi connectivity index (χ2v) is 9.02. The number of fused-ring (bicyclic) bond motifs is 3. The lowest BCUT2D eigenvalue weighted by atomic mass is 9.87. The Morgan fingerprint density at radius 3 is 2.61 bits per heavy atom. The van der Waals surface area contributed by atoms with Crippen LogP contribution < -0.4 is 15.5 Å². The van der Waals surface area contributed by atoms with E-state index in [-0.39, 0.29) is 17.4 Å². The number of benzene rings is 2. The van der Waals surface area contributed by atoms with Gasteiger partial charge in [0.15, 0.2) is 6.61 Å². The van der Waals surface area contributed by atoms with Crippen LogP contribution in [0, 0.1) is 0 Å². The van der Waals surface area contributed by atoms with E-state index in [1.165, 1.54) is 0 Å². The Kier molecular flexibility index (Phi) is 5.43. The van der Waals surface area contributed by atoms with Crippen LogP contribution in [0.5, 0.6) is 0 Å². The summed E-state index contributed by atoms with van der Waals surface area (Å²) in [5.41, 5.74) is 3.64. The average molecular weight is 421 g/mol. The molecule has 2 aromatic carbocycles. The number of hydrogen-bond donors (Lipinski definition) is 2. The third-order valence-electron chi connectivity index (χ3n) is 5.72. The second-order valence-electron chi connectivity index (χ2n) is 9.02. The third kappa shape index (κ3) is 4.40. The Labute approximate surface area is 181 Å². The molecule has 2 aliphatic heterocycles. The van der Waals surface area contributed by atoms with Crippen molar-refractivity contribution in [1.29, 1.82) is 0 Å². The summed E-state index contributed by atoms with van der Waals surface area (Å²) in [6.07, 6.45) is 1.80. The number of nitrogens with zero attached hydrogens (tertiary/aromatic N) is 1. The molecule has 7 heteroatoms. The van der Waals surface area contributed by atoms with Gasteiger partial charge in [0.05, 0.1) is 16.9 Å². The van der Waals surface area contributed by atoms with E-state index in [1.807, 2.05) is 30.3 Å². The summed E-state index contributed by atoms with van der Waals surface area (Å²) in [5, 5.41) is 5.60. The minimum absolute atomic E-state index is 0.0299. The van der Waals surface area contributed by atoms with Gasteiger partial charge in [-0.2, -0.15) is 0 Å². The zero-order valence-corrected chi connectivity index (χ0v) is 18.0. The third-order valence-corrected chi connectivity index (χ3v) is 5.72. The molecule has 1 fully saturated rings. The number of hydrogen-bond acceptors (Lipinski definition) is 5. The number of carbonyl (C=O) groups excluding carboxylic acids is 3. The van der Waals surface area contributed by atoms with Gasteiger partial charge in [-0.15, -0.1) is 0 Å². The normalized spacial score (nSPS) is 17.5. The van der Waals surface area contributed by atoms with Crippen LogP contribution in [-0.2, 0) is 19.7 Å². The summed E-state index contributed by atoms with van der Waals surface area (Å²) in [7, 11) is 0. The van der Waals surface area contributed by atoms with Crippen molar-refractivity contribution in [2.45, 2.75) is 45.1 Å². The molecule has 2 N–H and O–H groups in total. The molecule has 0 aliphatic carbocycles. The second kappa shape index (κ2) is 8.06. The van der Waals surface area contributed by atoms with Gasteiger partial charge in [0.2, 0.25) is 5.91 Å². The van der Waals surface area contributed by atoms with Gasteiger partial charge in [0.1, 0.15) is 6.04 Å². The molecule has 1 atom stereocenters. The summed E-state index contributed by atoms with van der Waals surface area (Å²) >= 11 is 0. The zero-order valence-electron chi connectivity index (χ0n) is 18.0. The fraction of sp³-hybridized carbons (Fsp3) is 0.375. The van der Waals surface area contributed by atoms with E-state index in [9.17, 15) is 14.4 Å². The van der Waals surface area contributed by atoms with E-state index in [0.29, 0.717) is 16.9 Å². The highest BCUT2D eigenvalue weighted by Gasteiger charge is 2.36. The van der Waals surface area contributed by atoms with Gasteiger partial charge in [-0.1, -0.05) is 32.9 Å². The van der Waals surface area contributed by atoms with Gasteiger partial charge in [0, 0.05) is 12.2 Å². The molecule has 2 heterocycles. The van der Waals surface area contributed by atoms with Crippen LogP contribution in [0.15, 0.2) is 42.5 Å². The Morgan fingerprint density at radius 2 is 1.90 bits per heavy atom. The van der Waals surface area contributed by atoms with Crippen LogP contribution in [0.4, 0.5) is 17.1 Å². The van der Waals surface area contributed by atoms with Crippen LogP contribution in [0.1, 0.15) is 49.5 Å². The van der Waals surface area contributed by atoms with Gasteiger partial charge in [-0.3, -0.25) is 9.59 Å². The van der Waals surface area contributed by atoms with E-state index in [4.69, 9.17) is 4.74 Å². The monoisotopic (exact) mass is 421 g/mol. The Balaban J connectivity index is 1.35. The van der Waals surface area contributed by atoms with E-state index >= 15 is 0 Å². The quantitative estimate of drug-likeness (QED) is 0.735. The summed E-state index contributed by atoms with van der Waals surface area (Å²) in [4.78, 5) is 38.9. The molecule has 0 radical (unpaired) electrons. The topological polar surface area (TPSA) is 87.7 Å². The molecule has 4 rings (SSSR count). The van der Waals surface area contributed by atoms with Gasteiger partial charge in [0.25, 0.3) is 5.91 Å². The first-order valence-electron chi connectivity index (χ1n) is 10.5. The molecular weight excluding hydrogens is 394 g/mol. The number of nitrogens with one attached hydrogen (secondary N) is 2. The molecule has 162 valence electrons. The van der Waals surface area contributed by atoms with Crippen LogP contribution in [-0.4, -0.2) is 37.0 Å². The number of ether oxygens (including phenoxy) is 1. The first kappa shape index (κ1) is 20.9. The highest BCUT2D eigenvalue weighted by Crippen LogP contribution is 2.37. The molecular formula is C24H27N3O4. The number of esters is 1. The molecule has 2 aliphatic rings. The Morgan fingerprint density at radius 1 is 1.16 bits per heavy atom. The predicted molar refractivity (Wildman–Crippen MR) is 119 cm³/mol. The fourth-order valence-corrected chi connectivity index (χ4v) is 4.02. The molecule has 31 heavy (non-hydrogen) atoms. The highest BCUT2D eigenvalue weighted by molar-refractivity contribution is 6.05. The van der Waals surface area contributed by atoms with E-state index < -0.39 is 18.5 Å². The van der Waals surface area contributed by atoms with Crippen LogP contribution in [0.2, 0.25) is 0 Å². The SMILES string of the molecule is CC(C)(C)c1ccc(NC(=O)COC(=O)c2ccc3c(c2)NC(=O)[C@@H]2CCCN32)cc1. The smallest absolute Gasteiger partial charge is 0.338 e. The summed E-state index contributed by atoms with van der Waals surface area (Å²) in [5.74, 6) is -1.07. The summed E-state index contributed by atoms with van der Waals surface area (Å²) in [6, 6.07) is 12.6. The molecule has 2 amide bonds.